The van der Waals surface area contributed by atoms with Crippen LogP contribution < -0.4 is 10.1 Å². The third kappa shape index (κ3) is 2.69. The van der Waals surface area contributed by atoms with Gasteiger partial charge >= 0.3 is 0 Å². The van der Waals surface area contributed by atoms with Crippen LogP contribution >= 0.6 is 0 Å². The molecule has 0 fully saturated rings. The highest BCUT2D eigenvalue weighted by Gasteiger charge is 2.28. The van der Waals surface area contributed by atoms with Gasteiger partial charge in [-0.15, -0.1) is 0 Å². The SMILES string of the molecule is COCCCNC(=O)c1noc2c1COc1ccc(C)cc1-2. The van der Waals surface area contributed by atoms with Crippen molar-refractivity contribution in [3.05, 3.63) is 35.0 Å². The van der Waals surface area contributed by atoms with E-state index in [-0.39, 0.29) is 12.5 Å². The molecule has 1 N–H and O–H groups in total. The van der Waals surface area contributed by atoms with Crippen LogP contribution in [-0.2, 0) is 11.3 Å². The summed E-state index contributed by atoms with van der Waals surface area (Å²) in [5.74, 6) is 1.12. The number of rotatable bonds is 5. The van der Waals surface area contributed by atoms with Crippen LogP contribution in [0.3, 0.4) is 0 Å². The molecular formula is C16H18N2O4. The number of carbonyl (C=O) groups is 1. The molecule has 0 unspecified atom stereocenters. The summed E-state index contributed by atoms with van der Waals surface area (Å²) >= 11 is 0. The molecule has 1 aromatic carbocycles. The van der Waals surface area contributed by atoms with Gasteiger partial charge in [0.05, 0.1) is 11.1 Å². The van der Waals surface area contributed by atoms with Gasteiger partial charge in [-0.2, -0.15) is 0 Å². The highest BCUT2D eigenvalue weighted by molar-refractivity contribution is 5.95. The molecule has 6 nitrogen and oxygen atoms in total. The van der Waals surface area contributed by atoms with Crippen LogP contribution in [0.15, 0.2) is 22.7 Å². The lowest BCUT2D eigenvalue weighted by atomic mass is 10.0. The zero-order valence-corrected chi connectivity index (χ0v) is 12.6. The predicted molar refractivity (Wildman–Crippen MR) is 79.8 cm³/mol. The van der Waals surface area contributed by atoms with Crippen LogP contribution in [-0.4, -0.2) is 31.3 Å². The summed E-state index contributed by atoms with van der Waals surface area (Å²) < 4.78 is 16.0. The van der Waals surface area contributed by atoms with E-state index >= 15 is 0 Å². The highest BCUT2D eigenvalue weighted by Crippen LogP contribution is 2.39. The minimum atomic E-state index is -0.249. The number of ether oxygens (including phenoxy) is 2. The van der Waals surface area contributed by atoms with Gasteiger partial charge in [0.1, 0.15) is 12.4 Å². The van der Waals surface area contributed by atoms with Crippen molar-refractivity contribution in [3.8, 4) is 17.1 Å². The normalized spacial score (nSPS) is 12.3. The quantitative estimate of drug-likeness (QED) is 0.858. The standard InChI is InChI=1S/C16H18N2O4/c1-10-4-5-13-11(8-10)15-12(9-21-13)14(18-22-15)16(19)17-6-3-7-20-2/h4-5,8H,3,6-7,9H2,1-2H3,(H,17,19). The molecular weight excluding hydrogens is 284 g/mol. The number of nitrogens with one attached hydrogen (secondary N) is 1. The maximum Gasteiger partial charge on any atom is 0.273 e. The molecule has 0 aliphatic carbocycles. The first-order chi connectivity index (χ1) is 10.7. The summed E-state index contributed by atoms with van der Waals surface area (Å²) in [6.45, 7) is 3.42. The maximum atomic E-state index is 12.2. The first-order valence-electron chi connectivity index (χ1n) is 7.20. The fourth-order valence-electron chi connectivity index (χ4n) is 2.43. The van der Waals surface area contributed by atoms with Gasteiger partial charge in [-0.1, -0.05) is 16.8 Å². The van der Waals surface area contributed by atoms with Crippen LogP contribution in [0, 0.1) is 6.92 Å². The van der Waals surface area contributed by atoms with Gasteiger partial charge in [-0.25, -0.2) is 0 Å². The molecule has 0 saturated heterocycles. The molecule has 0 saturated carbocycles. The second-order valence-corrected chi connectivity index (χ2v) is 5.23. The van der Waals surface area contributed by atoms with Gasteiger partial charge in [0.25, 0.3) is 5.91 Å². The highest BCUT2D eigenvalue weighted by atomic mass is 16.5. The monoisotopic (exact) mass is 302 g/mol. The topological polar surface area (TPSA) is 73.6 Å². The number of hydrogen-bond acceptors (Lipinski definition) is 5. The first kappa shape index (κ1) is 14.6. The lowest BCUT2D eigenvalue weighted by molar-refractivity contribution is 0.0937. The molecule has 0 radical (unpaired) electrons. The Morgan fingerprint density at radius 1 is 1.45 bits per heavy atom. The van der Waals surface area contributed by atoms with Crippen molar-refractivity contribution < 1.29 is 18.8 Å². The molecule has 1 aliphatic rings. The van der Waals surface area contributed by atoms with E-state index in [1.165, 1.54) is 0 Å². The van der Waals surface area contributed by atoms with E-state index in [0.717, 1.165) is 23.3 Å². The van der Waals surface area contributed by atoms with Gasteiger partial charge in [-0.05, 0) is 25.5 Å². The van der Waals surface area contributed by atoms with E-state index in [1.807, 2.05) is 25.1 Å². The first-order valence-corrected chi connectivity index (χ1v) is 7.20. The number of hydrogen-bond donors (Lipinski definition) is 1. The molecule has 2 aromatic rings. The Morgan fingerprint density at radius 2 is 2.32 bits per heavy atom. The Hall–Kier alpha value is -2.34. The van der Waals surface area contributed by atoms with Crippen LogP contribution in [0.1, 0.15) is 28.0 Å². The molecule has 1 aromatic heterocycles. The third-order valence-corrected chi connectivity index (χ3v) is 3.57. The van der Waals surface area contributed by atoms with Crippen molar-refractivity contribution in [1.82, 2.24) is 10.5 Å². The van der Waals surface area contributed by atoms with Gasteiger partial charge in [-0.3, -0.25) is 4.79 Å². The number of fused-ring (bicyclic) bond motifs is 3. The Morgan fingerprint density at radius 3 is 3.14 bits per heavy atom. The van der Waals surface area contributed by atoms with Crippen LogP contribution in [0.2, 0.25) is 0 Å². The minimum Gasteiger partial charge on any atom is -0.488 e. The average Bonchev–Trinajstić information content (AvgIpc) is 2.96. The molecule has 6 heteroatoms. The maximum absolute atomic E-state index is 12.2. The molecule has 22 heavy (non-hydrogen) atoms. The van der Waals surface area contributed by atoms with Crippen molar-refractivity contribution in [2.45, 2.75) is 20.0 Å². The van der Waals surface area contributed by atoms with E-state index in [0.29, 0.717) is 30.2 Å². The average molecular weight is 302 g/mol. The second kappa shape index (κ2) is 6.19. The minimum absolute atomic E-state index is 0.249. The zero-order valence-electron chi connectivity index (χ0n) is 12.6. The summed E-state index contributed by atoms with van der Waals surface area (Å²) in [7, 11) is 1.63. The molecule has 0 bridgehead atoms. The molecule has 0 atom stereocenters. The van der Waals surface area contributed by atoms with Crippen molar-refractivity contribution in [1.29, 1.82) is 0 Å². The fourth-order valence-corrected chi connectivity index (χ4v) is 2.43. The van der Waals surface area contributed by atoms with E-state index in [1.54, 1.807) is 7.11 Å². The lowest BCUT2D eigenvalue weighted by Crippen LogP contribution is -2.27. The number of aromatic nitrogens is 1. The third-order valence-electron chi connectivity index (χ3n) is 3.57. The summed E-state index contributed by atoms with van der Waals surface area (Å²) in [6, 6.07) is 5.85. The van der Waals surface area contributed by atoms with Gasteiger partial charge in [0.2, 0.25) is 0 Å². The van der Waals surface area contributed by atoms with Crippen LogP contribution in [0.25, 0.3) is 11.3 Å². The van der Waals surface area contributed by atoms with E-state index in [2.05, 4.69) is 10.5 Å². The van der Waals surface area contributed by atoms with Gasteiger partial charge in [0.15, 0.2) is 11.5 Å². The summed E-state index contributed by atoms with van der Waals surface area (Å²) in [5, 5.41) is 6.74. The number of benzene rings is 1. The van der Waals surface area contributed by atoms with E-state index in [4.69, 9.17) is 14.0 Å². The Kier molecular flexibility index (Phi) is 4.11. The summed E-state index contributed by atoms with van der Waals surface area (Å²) in [5.41, 5.74) is 2.92. The van der Waals surface area contributed by atoms with Crippen LogP contribution in [0.5, 0.6) is 5.75 Å². The molecule has 0 spiro atoms. The smallest absolute Gasteiger partial charge is 0.273 e. The Labute approximate surface area is 128 Å². The van der Waals surface area contributed by atoms with Gasteiger partial charge < -0.3 is 19.3 Å². The largest absolute Gasteiger partial charge is 0.488 e. The lowest BCUT2D eigenvalue weighted by Gasteiger charge is -2.16. The number of nitrogens with zero attached hydrogens (tertiary/aromatic N) is 1. The molecule has 3 rings (SSSR count). The molecule has 1 amide bonds. The molecule has 1 aliphatic heterocycles. The van der Waals surface area contributed by atoms with E-state index < -0.39 is 0 Å². The van der Waals surface area contributed by atoms with Crippen molar-refractivity contribution in [3.63, 3.8) is 0 Å². The fraction of sp³-hybridized carbons (Fsp3) is 0.375. The van der Waals surface area contributed by atoms with Crippen molar-refractivity contribution in [2.75, 3.05) is 20.3 Å². The Bertz CT molecular complexity index is 693. The number of carbonyl (C=O) groups excluding carboxylic acids is 1. The number of amides is 1. The number of aryl methyl sites for hydroxylation is 1. The van der Waals surface area contributed by atoms with Gasteiger partial charge in [0, 0.05) is 20.3 Å². The predicted octanol–water partition coefficient (Wildman–Crippen LogP) is 2.31. The Balaban J connectivity index is 1.82. The van der Waals surface area contributed by atoms with Crippen LogP contribution in [0.4, 0.5) is 0 Å². The summed E-state index contributed by atoms with van der Waals surface area (Å²) in [6.07, 6.45) is 0.751. The van der Waals surface area contributed by atoms with Crippen molar-refractivity contribution in [2.24, 2.45) is 0 Å². The molecule has 2 heterocycles. The van der Waals surface area contributed by atoms with Crippen molar-refractivity contribution >= 4 is 5.91 Å². The summed E-state index contributed by atoms with van der Waals surface area (Å²) in [4.78, 5) is 12.2. The number of methoxy groups -OCH3 is 1. The zero-order chi connectivity index (χ0) is 15.5. The molecule has 116 valence electrons. The van der Waals surface area contributed by atoms with E-state index in [9.17, 15) is 4.79 Å². The second-order valence-electron chi connectivity index (χ2n) is 5.23.